The lowest BCUT2D eigenvalue weighted by molar-refractivity contribution is -0.129. The van der Waals surface area contributed by atoms with E-state index in [9.17, 15) is 9.59 Å². The van der Waals surface area contributed by atoms with E-state index in [1.54, 1.807) is 4.57 Å². The van der Waals surface area contributed by atoms with E-state index in [1.807, 2.05) is 17.2 Å². The molecule has 29 heavy (non-hydrogen) atoms. The number of hydrogen-bond donors (Lipinski definition) is 0. The molecule has 1 saturated heterocycles. The molecule has 3 heterocycles. The number of piperidine rings is 1. The average molecular weight is 428 g/mol. The molecule has 0 saturated carbocycles. The highest BCUT2D eigenvalue weighted by Crippen LogP contribution is 2.32. The molecule has 1 amide bonds. The zero-order chi connectivity index (χ0) is 20.4. The van der Waals surface area contributed by atoms with E-state index in [1.165, 1.54) is 35.1 Å². The zero-order valence-electron chi connectivity index (χ0n) is 16.8. The molecule has 0 aliphatic carbocycles. The summed E-state index contributed by atoms with van der Waals surface area (Å²) in [6, 6.07) is 8.27. The van der Waals surface area contributed by atoms with Crippen LogP contribution in [0.4, 0.5) is 0 Å². The summed E-state index contributed by atoms with van der Waals surface area (Å²) in [6.45, 7) is 6.23. The zero-order valence-corrected chi connectivity index (χ0v) is 18.4. The lowest BCUT2D eigenvalue weighted by Crippen LogP contribution is -2.36. The molecular weight excluding hydrogens is 402 g/mol. The van der Waals surface area contributed by atoms with Crippen LogP contribution >= 0.6 is 23.1 Å². The fourth-order valence-corrected chi connectivity index (χ4v) is 5.59. The van der Waals surface area contributed by atoms with Crippen LogP contribution in [0.2, 0.25) is 0 Å². The number of hydrogen-bond acceptors (Lipinski definition) is 5. The Morgan fingerprint density at radius 2 is 1.90 bits per heavy atom. The number of amides is 1. The Morgan fingerprint density at radius 3 is 2.59 bits per heavy atom. The molecule has 1 fully saturated rings. The summed E-state index contributed by atoms with van der Waals surface area (Å²) in [5.41, 5.74) is 3.95. The first-order valence-electron chi connectivity index (χ1n) is 10.1. The third kappa shape index (κ3) is 4.12. The molecule has 0 bridgehead atoms. The summed E-state index contributed by atoms with van der Waals surface area (Å²) in [6.07, 6.45) is 3.36. The number of nitrogens with zero attached hydrogens (tertiary/aromatic N) is 3. The van der Waals surface area contributed by atoms with Crippen LogP contribution in [-0.2, 0) is 11.3 Å². The highest BCUT2D eigenvalue weighted by Gasteiger charge is 2.20. The molecule has 0 spiro atoms. The van der Waals surface area contributed by atoms with E-state index in [0.717, 1.165) is 42.6 Å². The second-order valence-corrected chi connectivity index (χ2v) is 9.19. The number of carbonyl (C=O) groups is 1. The van der Waals surface area contributed by atoms with Crippen LogP contribution in [0.1, 0.15) is 31.7 Å². The molecule has 0 N–H and O–H groups in total. The molecule has 0 radical (unpaired) electrons. The molecule has 5 nitrogen and oxygen atoms in total. The van der Waals surface area contributed by atoms with Gasteiger partial charge in [-0.3, -0.25) is 14.2 Å². The number of likely N-dealkylation sites (tertiary alicyclic amines) is 1. The van der Waals surface area contributed by atoms with E-state index >= 15 is 0 Å². The molecule has 2 aromatic heterocycles. The second-order valence-electron chi connectivity index (χ2n) is 7.37. The number of thiophene rings is 1. The Labute approximate surface area is 178 Å². The van der Waals surface area contributed by atoms with E-state index in [-0.39, 0.29) is 11.5 Å². The van der Waals surface area contributed by atoms with Gasteiger partial charge in [-0.1, -0.05) is 41.6 Å². The molecule has 7 heteroatoms. The molecule has 4 rings (SSSR count). The Hall–Kier alpha value is -2.12. The van der Waals surface area contributed by atoms with Crippen LogP contribution in [-0.4, -0.2) is 39.2 Å². The summed E-state index contributed by atoms with van der Waals surface area (Å²) in [5.74, 6) is 0.456. The first kappa shape index (κ1) is 20.2. The fraction of sp³-hybridized carbons (Fsp3) is 0.409. The highest BCUT2D eigenvalue weighted by atomic mass is 32.2. The normalized spacial score (nSPS) is 14.5. The van der Waals surface area contributed by atoms with Crippen molar-refractivity contribution in [2.75, 3.05) is 18.8 Å². The van der Waals surface area contributed by atoms with Crippen molar-refractivity contribution < 1.29 is 4.79 Å². The van der Waals surface area contributed by atoms with Crippen LogP contribution in [0.3, 0.4) is 0 Å². The average Bonchev–Trinajstić information content (AvgIpc) is 3.17. The largest absolute Gasteiger partial charge is 0.342 e. The van der Waals surface area contributed by atoms with Crippen LogP contribution in [0.15, 0.2) is 39.6 Å². The van der Waals surface area contributed by atoms with Crippen molar-refractivity contribution in [3.05, 3.63) is 45.6 Å². The monoisotopic (exact) mass is 427 g/mol. The number of benzene rings is 1. The lowest BCUT2D eigenvalue weighted by atomic mass is 10.1. The van der Waals surface area contributed by atoms with E-state index in [0.29, 0.717) is 22.2 Å². The molecule has 0 atom stereocenters. The van der Waals surface area contributed by atoms with Gasteiger partial charge in [-0.2, -0.15) is 0 Å². The minimum atomic E-state index is -0.0196. The molecule has 1 aliphatic rings. The van der Waals surface area contributed by atoms with Gasteiger partial charge in [-0.05, 0) is 38.7 Å². The van der Waals surface area contributed by atoms with Crippen molar-refractivity contribution in [3.8, 4) is 11.1 Å². The van der Waals surface area contributed by atoms with Gasteiger partial charge < -0.3 is 4.90 Å². The topological polar surface area (TPSA) is 55.2 Å². The Morgan fingerprint density at radius 1 is 1.17 bits per heavy atom. The van der Waals surface area contributed by atoms with Crippen LogP contribution < -0.4 is 5.56 Å². The number of aryl methyl sites for hydroxylation is 1. The maximum absolute atomic E-state index is 13.1. The van der Waals surface area contributed by atoms with Gasteiger partial charge in [0.25, 0.3) is 5.56 Å². The van der Waals surface area contributed by atoms with Gasteiger partial charge >= 0.3 is 0 Å². The quantitative estimate of drug-likeness (QED) is 0.442. The maximum Gasteiger partial charge on any atom is 0.272 e. The van der Waals surface area contributed by atoms with Crippen molar-refractivity contribution in [1.29, 1.82) is 0 Å². The van der Waals surface area contributed by atoms with Crippen molar-refractivity contribution >= 4 is 39.2 Å². The number of carbonyl (C=O) groups excluding carboxylic acids is 1. The lowest BCUT2D eigenvalue weighted by Gasteiger charge is -2.26. The Bertz CT molecular complexity index is 1080. The Balaban J connectivity index is 1.67. The first-order valence-corrected chi connectivity index (χ1v) is 11.9. The van der Waals surface area contributed by atoms with Crippen LogP contribution in [0.5, 0.6) is 0 Å². The van der Waals surface area contributed by atoms with E-state index in [4.69, 9.17) is 4.98 Å². The molecule has 3 aromatic rings. The Kier molecular flexibility index (Phi) is 6.06. The number of fused-ring (bicyclic) bond motifs is 1. The number of thioether (sulfide) groups is 1. The van der Waals surface area contributed by atoms with Gasteiger partial charge in [-0.25, -0.2) is 4.98 Å². The van der Waals surface area contributed by atoms with Crippen LogP contribution in [0, 0.1) is 6.92 Å². The standard InChI is InChI=1S/C22H25N3O2S2/c1-3-25-21(27)20-19(17(13-28-20)16-9-7-15(2)8-10-16)23-22(25)29-14-18(26)24-11-5-4-6-12-24/h7-10,13H,3-6,11-12,14H2,1-2H3. The highest BCUT2D eigenvalue weighted by molar-refractivity contribution is 7.99. The summed E-state index contributed by atoms with van der Waals surface area (Å²) in [5, 5.41) is 2.64. The predicted molar refractivity (Wildman–Crippen MR) is 121 cm³/mol. The maximum atomic E-state index is 13.1. The molecule has 152 valence electrons. The number of rotatable bonds is 5. The molecule has 0 unspecified atom stereocenters. The molecular formula is C22H25N3O2S2. The summed E-state index contributed by atoms with van der Waals surface area (Å²) >= 11 is 2.82. The second kappa shape index (κ2) is 8.71. The smallest absolute Gasteiger partial charge is 0.272 e. The third-order valence-electron chi connectivity index (χ3n) is 5.35. The predicted octanol–water partition coefficient (Wildman–Crippen LogP) is 4.56. The molecule has 1 aliphatic heterocycles. The van der Waals surface area contributed by atoms with Crippen LogP contribution in [0.25, 0.3) is 21.3 Å². The van der Waals surface area contributed by atoms with E-state index < -0.39 is 0 Å². The van der Waals surface area contributed by atoms with Gasteiger partial charge in [-0.15, -0.1) is 11.3 Å². The third-order valence-corrected chi connectivity index (χ3v) is 7.27. The van der Waals surface area contributed by atoms with Crippen molar-refractivity contribution in [2.45, 2.75) is 44.8 Å². The molecule has 1 aromatic carbocycles. The SMILES string of the molecule is CCn1c(SCC(=O)N2CCCCC2)nc2c(-c3ccc(C)cc3)csc2c1=O. The minimum Gasteiger partial charge on any atom is -0.342 e. The van der Waals surface area contributed by atoms with Gasteiger partial charge in [0.15, 0.2) is 5.16 Å². The van der Waals surface area contributed by atoms with Gasteiger partial charge in [0.2, 0.25) is 5.91 Å². The van der Waals surface area contributed by atoms with Crippen molar-refractivity contribution in [1.82, 2.24) is 14.5 Å². The van der Waals surface area contributed by atoms with Gasteiger partial charge in [0.05, 0.1) is 11.3 Å². The van der Waals surface area contributed by atoms with Gasteiger partial charge in [0.1, 0.15) is 4.70 Å². The van der Waals surface area contributed by atoms with Crippen molar-refractivity contribution in [2.24, 2.45) is 0 Å². The van der Waals surface area contributed by atoms with Crippen molar-refractivity contribution in [3.63, 3.8) is 0 Å². The van der Waals surface area contributed by atoms with E-state index in [2.05, 4.69) is 31.2 Å². The van der Waals surface area contributed by atoms with Gasteiger partial charge in [0, 0.05) is 30.6 Å². The summed E-state index contributed by atoms with van der Waals surface area (Å²) in [4.78, 5) is 32.4. The summed E-state index contributed by atoms with van der Waals surface area (Å²) < 4.78 is 2.36. The fourth-order valence-electron chi connectivity index (χ4n) is 3.67. The minimum absolute atomic E-state index is 0.0196. The first-order chi connectivity index (χ1) is 14.1. The number of aromatic nitrogens is 2. The summed E-state index contributed by atoms with van der Waals surface area (Å²) in [7, 11) is 0.